The van der Waals surface area contributed by atoms with E-state index in [1.807, 2.05) is 6.26 Å². The standard InChI is InChI=1S/C18H17ClN4O3S/c1-27-9-8-14(16(24)21-11-6-7-15(19)20-10-11)23-17(25)12-4-2-3-5-13(12)22-18(23)26/h2-7,10,14H,8-9H2,1H3,(H,21,24)(H,22,26)/t14-/m0/s1. The number of thioether (sulfide) groups is 1. The molecule has 1 aromatic carbocycles. The van der Waals surface area contributed by atoms with Gasteiger partial charge in [0, 0.05) is 0 Å². The summed E-state index contributed by atoms with van der Waals surface area (Å²) in [5.74, 6) is 0.145. The van der Waals surface area contributed by atoms with Gasteiger partial charge in [-0.3, -0.25) is 9.59 Å². The van der Waals surface area contributed by atoms with Gasteiger partial charge in [0.2, 0.25) is 5.91 Å². The Bertz CT molecular complexity index is 1080. The zero-order valence-electron chi connectivity index (χ0n) is 14.4. The fraction of sp³-hybridized carbons (Fsp3) is 0.222. The van der Waals surface area contributed by atoms with Crippen LogP contribution >= 0.6 is 23.4 Å². The SMILES string of the molecule is CSCC[C@@H](C(=O)Nc1ccc(Cl)nc1)n1c(=O)[nH]c2ccccc2c1=O. The van der Waals surface area contributed by atoms with Crippen molar-refractivity contribution in [3.8, 4) is 0 Å². The second-order valence-corrected chi connectivity index (χ2v) is 7.18. The number of benzene rings is 1. The van der Waals surface area contributed by atoms with Gasteiger partial charge in [-0.15, -0.1) is 0 Å². The zero-order valence-corrected chi connectivity index (χ0v) is 16.0. The van der Waals surface area contributed by atoms with E-state index < -0.39 is 23.2 Å². The first-order valence-electron chi connectivity index (χ1n) is 8.16. The van der Waals surface area contributed by atoms with Gasteiger partial charge in [-0.2, -0.15) is 11.8 Å². The van der Waals surface area contributed by atoms with Crippen molar-refractivity contribution < 1.29 is 4.79 Å². The summed E-state index contributed by atoms with van der Waals surface area (Å²) in [5, 5.41) is 3.35. The van der Waals surface area contributed by atoms with Crippen molar-refractivity contribution in [1.29, 1.82) is 0 Å². The van der Waals surface area contributed by atoms with Gasteiger partial charge < -0.3 is 10.3 Å². The molecule has 0 saturated heterocycles. The number of para-hydroxylation sites is 1. The fourth-order valence-corrected chi connectivity index (χ4v) is 3.31. The molecular formula is C18H17ClN4O3S. The predicted molar refractivity (Wildman–Crippen MR) is 109 cm³/mol. The summed E-state index contributed by atoms with van der Waals surface area (Å²) >= 11 is 7.28. The number of halogens is 1. The lowest BCUT2D eigenvalue weighted by Gasteiger charge is -2.18. The van der Waals surface area contributed by atoms with E-state index in [4.69, 9.17) is 11.6 Å². The molecule has 1 atom stereocenters. The number of amides is 1. The average Bonchev–Trinajstić information content (AvgIpc) is 2.66. The maximum atomic E-state index is 12.9. The average molecular weight is 405 g/mol. The highest BCUT2D eigenvalue weighted by Gasteiger charge is 2.24. The topological polar surface area (TPSA) is 96.8 Å². The Morgan fingerprint density at radius 3 is 2.78 bits per heavy atom. The molecule has 7 nitrogen and oxygen atoms in total. The van der Waals surface area contributed by atoms with Gasteiger partial charge in [0.15, 0.2) is 0 Å². The molecule has 0 bridgehead atoms. The Kier molecular flexibility index (Phi) is 5.98. The molecule has 0 aliphatic rings. The summed E-state index contributed by atoms with van der Waals surface area (Å²) < 4.78 is 0.983. The number of H-pyrrole nitrogens is 1. The fourth-order valence-electron chi connectivity index (χ4n) is 2.74. The second kappa shape index (κ2) is 8.41. The third-order valence-electron chi connectivity index (χ3n) is 4.04. The number of hydrogen-bond acceptors (Lipinski definition) is 5. The van der Waals surface area contributed by atoms with Crippen LogP contribution in [-0.2, 0) is 4.79 Å². The summed E-state index contributed by atoms with van der Waals surface area (Å²) in [6, 6.07) is 8.91. The quantitative estimate of drug-likeness (QED) is 0.615. The molecule has 1 amide bonds. The van der Waals surface area contributed by atoms with E-state index in [9.17, 15) is 14.4 Å². The third-order valence-corrected chi connectivity index (χ3v) is 4.91. The lowest BCUT2D eigenvalue weighted by molar-refractivity contribution is -0.119. The molecular weight excluding hydrogens is 388 g/mol. The van der Waals surface area contributed by atoms with Crippen LogP contribution in [0, 0.1) is 0 Å². The zero-order chi connectivity index (χ0) is 19.4. The molecule has 3 rings (SSSR count). The molecule has 0 saturated carbocycles. The molecule has 0 radical (unpaired) electrons. The first kappa shape index (κ1) is 19.2. The third kappa shape index (κ3) is 4.23. The molecule has 140 valence electrons. The summed E-state index contributed by atoms with van der Waals surface area (Å²) in [5.41, 5.74) is -0.238. The van der Waals surface area contributed by atoms with Crippen molar-refractivity contribution in [2.45, 2.75) is 12.5 Å². The van der Waals surface area contributed by atoms with Crippen LogP contribution in [0.25, 0.3) is 10.9 Å². The van der Waals surface area contributed by atoms with Gasteiger partial charge >= 0.3 is 5.69 Å². The van der Waals surface area contributed by atoms with Crippen LogP contribution in [0.15, 0.2) is 52.2 Å². The van der Waals surface area contributed by atoms with Gasteiger partial charge in [-0.1, -0.05) is 23.7 Å². The van der Waals surface area contributed by atoms with Crippen molar-refractivity contribution in [2.24, 2.45) is 0 Å². The molecule has 0 aliphatic carbocycles. The van der Waals surface area contributed by atoms with Crippen molar-refractivity contribution in [3.05, 3.63) is 68.6 Å². The number of pyridine rings is 1. The van der Waals surface area contributed by atoms with E-state index in [1.165, 1.54) is 18.0 Å². The van der Waals surface area contributed by atoms with Crippen LogP contribution in [0.5, 0.6) is 0 Å². The van der Waals surface area contributed by atoms with Crippen LogP contribution in [-0.4, -0.2) is 32.5 Å². The number of aromatic amines is 1. The largest absolute Gasteiger partial charge is 0.329 e. The van der Waals surface area contributed by atoms with Crippen LogP contribution in [0.4, 0.5) is 5.69 Å². The number of nitrogens with one attached hydrogen (secondary N) is 2. The highest BCUT2D eigenvalue weighted by atomic mass is 35.5. The normalized spacial score (nSPS) is 12.1. The van der Waals surface area contributed by atoms with E-state index in [0.717, 1.165) is 4.57 Å². The Hall–Kier alpha value is -2.58. The monoisotopic (exact) mass is 404 g/mol. The van der Waals surface area contributed by atoms with Crippen LogP contribution in [0.1, 0.15) is 12.5 Å². The van der Waals surface area contributed by atoms with Crippen molar-refractivity contribution >= 4 is 45.9 Å². The molecule has 0 aliphatic heterocycles. The van der Waals surface area contributed by atoms with Gasteiger partial charge in [0.1, 0.15) is 11.2 Å². The number of aromatic nitrogens is 3. The minimum absolute atomic E-state index is 0.300. The summed E-state index contributed by atoms with van der Waals surface area (Å²) in [6.45, 7) is 0. The Morgan fingerprint density at radius 1 is 1.30 bits per heavy atom. The maximum absolute atomic E-state index is 12.9. The Balaban J connectivity index is 2.03. The van der Waals surface area contributed by atoms with E-state index in [1.54, 1.807) is 36.4 Å². The molecule has 2 N–H and O–H groups in total. The van der Waals surface area contributed by atoms with Crippen LogP contribution in [0.2, 0.25) is 5.15 Å². The van der Waals surface area contributed by atoms with Crippen LogP contribution < -0.4 is 16.6 Å². The van der Waals surface area contributed by atoms with Crippen molar-refractivity contribution in [2.75, 3.05) is 17.3 Å². The molecule has 2 heterocycles. The van der Waals surface area contributed by atoms with E-state index in [0.29, 0.717) is 33.9 Å². The smallest absolute Gasteiger partial charge is 0.323 e. The lowest BCUT2D eigenvalue weighted by atomic mass is 10.1. The first-order chi connectivity index (χ1) is 13.0. The second-order valence-electron chi connectivity index (χ2n) is 5.81. The minimum Gasteiger partial charge on any atom is -0.323 e. The number of nitrogens with zero attached hydrogens (tertiary/aromatic N) is 2. The van der Waals surface area contributed by atoms with Gasteiger partial charge in [-0.05, 0) is 42.7 Å². The van der Waals surface area contributed by atoms with Gasteiger partial charge in [0.25, 0.3) is 5.56 Å². The number of rotatable bonds is 6. The van der Waals surface area contributed by atoms with E-state index in [-0.39, 0.29) is 0 Å². The number of carbonyl (C=O) groups excluding carboxylic acids is 1. The molecule has 9 heteroatoms. The molecule has 27 heavy (non-hydrogen) atoms. The van der Waals surface area contributed by atoms with Gasteiger partial charge in [-0.25, -0.2) is 14.3 Å². The first-order valence-corrected chi connectivity index (χ1v) is 9.93. The molecule has 3 aromatic rings. The number of fused-ring (bicyclic) bond motifs is 1. The van der Waals surface area contributed by atoms with Crippen molar-refractivity contribution in [1.82, 2.24) is 14.5 Å². The lowest BCUT2D eigenvalue weighted by Crippen LogP contribution is -2.43. The number of hydrogen-bond donors (Lipinski definition) is 2. The van der Waals surface area contributed by atoms with Gasteiger partial charge in [0.05, 0.1) is 22.8 Å². The molecule has 2 aromatic heterocycles. The molecule has 0 spiro atoms. The Morgan fingerprint density at radius 2 is 2.07 bits per heavy atom. The highest BCUT2D eigenvalue weighted by molar-refractivity contribution is 7.98. The summed E-state index contributed by atoms with van der Waals surface area (Å²) in [4.78, 5) is 44.9. The van der Waals surface area contributed by atoms with E-state index in [2.05, 4.69) is 15.3 Å². The van der Waals surface area contributed by atoms with Crippen molar-refractivity contribution in [3.63, 3.8) is 0 Å². The number of anilines is 1. The minimum atomic E-state index is -0.950. The Labute approximate surface area is 163 Å². The molecule has 0 unspecified atom stereocenters. The summed E-state index contributed by atoms with van der Waals surface area (Å²) in [7, 11) is 0. The van der Waals surface area contributed by atoms with E-state index >= 15 is 0 Å². The summed E-state index contributed by atoms with van der Waals surface area (Å²) in [6.07, 6.45) is 3.64. The molecule has 0 fully saturated rings. The maximum Gasteiger partial charge on any atom is 0.329 e. The predicted octanol–water partition coefficient (Wildman–Crippen LogP) is 2.67. The highest BCUT2D eigenvalue weighted by Crippen LogP contribution is 2.17. The number of carbonyl (C=O) groups is 1. The van der Waals surface area contributed by atoms with Crippen LogP contribution in [0.3, 0.4) is 0 Å².